The van der Waals surface area contributed by atoms with Crippen molar-refractivity contribution in [1.29, 1.82) is 0 Å². The summed E-state index contributed by atoms with van der Waals surface area (Å²) in [5, 5.41) is 3.83. The summed E-state index contributed by atoms with van der Waals surface area (Å²) in [7, 11) is 0. The Bertz CT molecular complexity index is 430. The molecule has 1 nitrogen and oxygen atoms in total. The van der Waals surface area contributed by atoms with Crippen molar-refractivity contribution in [2.24, 2.45) is 23.7 Å². The van der Waals surface area contributed by atoms with E-state index >= 15 is 0 Å². The van der Waals surface area contributed by atoms with E-state index in [1.165, 1.54) is 25.7 Å². The standard InChI is InChI=1S/C18H25N/c1-2-19-18(17-13-9-6-10-14(13)17)16-11-15(16)12-7-4-3-5-8-12/h3-5,7-8,13-19H,2,6,9-11H2,1H3. The smallest absolute Gasteiger partial charge is 0.0135 e. The molecule has 0 spiro atoms. The molecule has 1 N–H and O–H groups in total. The van der Waals surface area contributed by atoms with E-state index in [9.17, 15) is 0 Å². The highest BCUT2D eigenvalue weighted by Crippen LogP contribution is 2.64. The molecule has 3 saturated carbocycles. The topological polar surface area (TPSA) is 12.0 Å². The predicted octanol–water partition coefficient (Wildman–Crippen LogP) is 3.81. The van der Waals surface area contributed by atoms with Crippen molar-refractivity contribution in [3.8, 4) is 0 Å². The van der Waals surface area contributed by atoms with Crippen LogP contribution >= 0.6 is 0 Å². The molecule has 0 radical (unpaired) electrons. The summed E-state index contributed by atoms with van der Waals surface area (Å²) in [6.07, 6.45) is 5.94. The number of fused-ring (bicyclic) bond motifs is 1. The SMILES string of the molecule is CCNC(C1CC1c1ccccc1)C1C2CCCC21. The van der Waals surface area contributed by atoms with Gasteiger partial charge in [0.05, 0.1) is 0 Å². The van der Waals surface area contributed by atoms with E-state index in [1.807, 2.05) is 0 Å². The van der Waals surface area contributed by atoms with Crippen molar-refractivity contribution >= 4 is 0 Å². The summed E-state index contributed by atoms with van der Waals surface area (Å²) in [4.78, 5) is 0. The van der Waals surface area contributed by atoms with Crippen molar-refractivity contribution in [2.45, 2.75) is 44.6 Å². The Morgan fingerprint density at radius 3 is 2.58 bits per heavy atom. The van der Waals surface area contributed by atoms with Gasteiger partial charge in [0, 0.05) is 6.04 Å². The molecule has 3 fully saturated rings. The first-order valence-electron chi connectivity index (χ1n) is 8.18. The van der Waals surface area contributed by atoms with E-state index in [2.05, 4.69) is 42.6 Å². The van der Waals surface area contributed by atoms with Gasteiger partial charge in [0.1, 0.15) is 0 Å². The van der Waals surface area contributed by atoms with Crippen LogP contribution < -0.4 is 5.32 Å². The molecule has 0 saturated heterocycles. The van der Waals surface area contributed by atoms with Gasteiger partial charge < -0.3 is 5.32 Å². The van der Waals surface area contributed by atoms with E-state index in [0.717, 1.165) is 42.2 Å². The molecule has 102 valence electrons. The van der Waals surface area contributed by atoms with Gasteiger partial charge in [-0.3, -0.25) is 0 Å². The van der Waals surface area contributed by atoms with Crippen LogP contribution in [0.15, 0.2) is 30.3 Å². The molecule has 19 heavy (non-hydrogen) atoms. The zero-order chi connectivity index (χ0) is 12.8. The fourth-order valence-electron chi connectivity index (χ4n) is 4.91. The van der Waals surface area contributed by atoms with Gasteiger partial charge in [0.2, 0.25) is 0 Å². The molecular weight excluding hydrogens is 230 g/mol. The van der Waals surface area contributed by atoms with Crippen LogP contribution in [0.25, 0.3) is 0 Å². The van der Waals surface area contributed by atoms with Gasteiger partial charge in [-0.25, -0.2) is 0 Å². The zero-order valence-corrected chi connectivity index (χ0v) is 11.9. The minimum atomic E-state index is 0.811. The van der Waals surface area contributed by atoms with Gasteiger partial charge in [0.15, 0.2) is 0 Å². The Morgan fingerprint density at radius 1 is 1.16 bits per heavy atom. The lowest BCUT2D eigenvalue weighted by atomic mass is 9.97. The quantitative estimate of drug-likeness (QED) is 0.843. The second kappa shape index (κ2) is 4.63. The molecule has 1 aromatic carbocycles. The van der Waals surface area contributed by atoms with Crippen LogP contribution in [0.3, 0.4) is 0 Å². The maximum atomic E-state index is 3.83. The third-order valence-corrected chi connectivity index (χ3v) is 5.86. The van der Waals surface area contributed by atoms with Gasteiger partial charge in [-0.15, -0.1) is 0 Å². The molecule has 1 heteroatoms. The van der Waals surface area contributed by atoms with Crippen LogP contribution in [0.1, 0.15) is 44.1 Å². The van der Waals surface area contributed by atoms with Crippen LogP contribution in [-0.4, -0.2) is 12.6 Å². The second-order valence-electron chi connectivity index (χ2n) is 6.84. The van der Waals surface area contributed by atoms with E-state index < -0.39 is 0 Å². The Hall–Kier alpha value is -0.820. The third-order valence-electron chi connectivity index (χ3n) is 5.86. The van der Waals surface area contributed by atoms with Gasteiger partial charge in [-0.2, -0.15) is 0 Å². The number of hydrogen-bond acceptors (Lipinski definition) is 1. The highest BCUT2D eigenvalue weighted by atomic mass is 15.0. The van der Waals surface area contributed by atoms with Gasteiger partial charge in [-0.05, 0) is 61.0 Å². The monoisotopic (exact) mass is 255 g/mol. The Labute approximate surface area is 116 Å². The first kappa shape index (κ1) is 12.0. The molecule has 0 amide bonds. The maximum absolute atomic E-state index is 3.83. The Balaban J connectivity index is 1.45. The predicted molar refractivity (Wildman–Crippen MR) is 79.1 cm³/mol. The lowest BCUT2D eigenvalue weighted by Crippen LogP contribution is -2.35. The van der Waals surface area contributed by atoms with E-state index in [-0.39, 0.29) is 0 Å². The fourth-order valence-corrected chi connectivity index (χ4v) is 4.91. The van der Waals surface area contributed by atoms with Crippen molar-refractivity contribution in [1.82, 2.24) is 5.32 Å². The maximum Gasteiger partial charge on any atom is 0.0135 e. The zero-order valence-electron chi connectivity index (χ0n) is 11.9. The summed E-state index contributed by atoms with van der Waals surface area (Å²) in [6, 6.07) is 12.0. The highest BCUT2D eigenvalue weighted by molar-refractivity contribution is 5.28. The fraction of sp³-hybridized carbons (Fsp3) is 0.667. The normalized spacial score (nSPS) is 40.8. The summed E-state index contributed by atoms with van der Waals surface area (Å²) < 4.78 is 0. The largest absolute Gasteiger partial charge is 0.314 e. The molecule has 4 rings (SSSR count). The first-order valence-corrected chi connectivity index (χ1v) is 8.18. The summed E-state index contributed by atoms with van der Waals surface area (Å²) in [5.41, 5.74) is 1.57. The molecule has 0 heterocycles. The van der Waals surface area contributed by atoms with Gasteiger partial charge >= 0.3 is 0 Å². The second-order valence-corrected chi connectivity index (χ2v) is 6.84. The average molecular weight is 255 g/mol. The molecule has 3 aliphatic rings. The lowest BCUT2D eigenvalue weighted by Gasteiger charge is -2.20. The lowest BCUT2D eigenvalue weighted by molar-refractivity contribution is 0.371. The van der Waals surface area contributed by atoms with Crippen molar-refractivity contribution in [3.63, 3.8) is 0 Å². The Kier molecular flexibility index (Phi) is 2.91. The molecule has 5 unspecified atom stereocenters. The van der Waals surface area contributed by atoms with E-state index in [0.29, 0.717) is 0 Å². The van der Waals surface area contributed by atoms with Crippen LogP contribution in [0.4, 0.5) is 0 Å². The number of rotatable bonds is 5. The highest BCUT2D eigenvalue weighted by Gasteiger charge is 2.60. The molecule has 0 aliphatic heterocycles. The molecule has 5 atom stereocenters. The minimum Gasteiger partial charge on any atom is -0.314 e. The van der Waals surface area contributed by atoms with Crippen LogP contribution in [0, 0.1) is 23.7 Å². The van der Waals surface area contributed by atoms with E-state index in [4.69, 9.17) is 0 Å². The number of hydrogen-bond donors (Lipinski definition) is 1. The summed E-state index contributed by atoms with van der Waals surface area (Å²) in [5.74, 6) is 4.94. The van der Waals surface area contributed by atoms with Crippen LogP contribution in [-0.2, 0) is 0 Å². The van der Waals surface area contributed by atoms with Crippen LogP contribution in [0.5, 0.6) is 0 Å². The molecule has 1 aromatic rings. The molecular formula is C18H25N. The van der Waals surface area contributed by atoms with Crippen molar-refractivity contribution in [2.75, 3.05) is 6.54 Å². The van der Waals surface area contributed by atoms with Crippen LogP contribution in [0.2, 0.25) is 0 Å². The molecule has 3 aliphatic carbocycles. The van der Waals surface area contributed by atoms with Gasteiger partial charge in [-0.1, -0.05) is 43.7 Å². The molecule has 0 bridgehead atoms. The summed E-state index contributed by atoms with van der Waals surface area (Å²) in [6.45, 7) is 3.41. The van der Waals surface area contributed by atoms with Gasteiger partial charge in [0.25, 0.3) is 0 Å². The minimum absolute atomic E-state index is 0.811. The van der Waals surface area contributed by atoms with Crippen molar-refractivity contribution < 1.29 is 0 Å². The third kappa shape index (κ3) is 2.03. The molecule has 0 aromatic heterocycles. The average Bonchev–Trinajstić information content (AvgIpc) is 3.34. The number of nitrogens with one attached hydrogen (secondary N) is 1. The first-order chi connectivity index (χ1) is 9.40. The number of benzene rings is 1. The Morgan fingerprint density at radius 2 is 1.89 bits per heavy atom. The summed E-state index contributed by atoms with van der Waals surface area (Å²) >= 11 is 0. The van der Waals surface area contributed by atoms with Crippen molar-refractivity contribution in [3.05, 3.63) is 35.9 Å². The van der Waals surface area contributed by atoms with E-state index in [1.54, 1.807) is 5.56 Å².